The zero-order chi connectivity index (χ0) is 68.5. The van der Waals surface area contributed by atoms with E-state index in [1.165, 1.54) is 103 Å². The van der Waals surface area contributed by atoms with Gasteiger partial charge in [0.25, 0.3) is 5.69 Å². The number of hydrogen-bond acceptors (Lipinski definition) is 18. The van der Waals surface area contributed by atoms with Gasteiger partial charge in [0, 0.05) is 39.9 Å². The van der Waals surface area contributed by atoms with Crippen molar-refractivity contribution < 1.29 is 56.1 Å². The Morgan fingerprint density at radius 3 is 1.24 bits per heavy atom. The molecule has 0 saturated heterocycles. The molecular weight excluding hydrogens is 1270 g/mol. The van der Waals surface area contributed by atoms with E-state index in [2.05, 4.69) is 26.8 Å². The Labute approximate surface area is 539 Å². The third-order valence-electron chi connectivity index (χ3n) is 15.1. The van der Waals surface area contributed by atoms with Crippen LogP contribution in [0.3, 0.4) is 0 Å². The van der Waals surface area contributed by atoms with E-state index in [-0.39, 0.29) is 98.7 Å². The molecule has 482 valence electrons. The van der Waals surface area contributed by atoms with Crippen LogP contribution in [-0.4, -0.2) is 58.3 Å². The number of benzene rings is 9. The topological polar surface area (TPSA) is 329 Å². The second kappa shape index (κ2) is 28.3. The summed E-state index contributed by atoms with van der Waals surface area (Å²) < 4.78 is 88.1. The minimum Gasteiger partial charge on any atom is -0.493 e. The maximum absolute atomic E-state index is 13.5. The molecule has 28 heteroatoms. The molecule has 9 aromatic carbocycles. The summed E-state index contributed by atoms with van der Waals surface area (Å²) in [5.74, 6) is -2.17. The Balaban J connectivity index is 0.000000140. The molecule has 4 N–H and O–H groups in total. The van der Waals surface area contributed by atoms with Gasteiger partial charge in [-0.15, -0.1) is 19.6 Å². The third-order valence-corrected chi connectivity index (χ3v) is 16.2. The average molecular weight is 1320 g/mol. The van der Waals surface area contributed by atoms with Crippen molar-refractivity contribution in [3.63, 3.8) is 0 Å². The number of halogens is 4. The molecule has 0 aliphatic rings. The maximum atomic E-state index is 13.5. The number of nitriles is 1. The molecule has 0 amide bonds. The minimum absolute atomic E-state index is 0.0746. The molecule has 0 fully saturated rings. The van der Waals surface area contributed by atoms with E-state index in [4.69, 9.17) is 10.00 Å². The summed E-state index contributed by atoms with van der Waals surface area (Å²) in [4.78, 5) is 54.4. The molecule has 23 nitrogen and oxygen atoms in total. The zero-order valence-corrected chi connectivity index (χ0v) is 50.6. The molecule has 0 unspecified atom stereocenters. The van der Waals surface area contributed by atoms with Gasteiger partial charge in [0.1, 0.15) is 34.8 Å². The molecule has 0 bridgehead atoms. The van der Waals surface area contributed by atoms with Crippen molar-refractivity contribution in [2.24, 2.45) is 20.7 Å². The van der Waals surface area contributed by atoms with E-state index in [9.17, 15) is 76.1 Å². The van der Waals surface area contributed by atoms with Crippen LogP contribution in [0, 0.1) is 64.3 Å². The Hall–Kier alpha value is -12.9. The quantitative estimate of drug-likeness (QED) is 0.0302. The predicted molar refractivity (Wildman–Crippen MR) is 349 cm³/mol. The lowest BCUT2D eigenvalue weighted by atomic mass is 10.1. The number of rotatable bonds is 16. The molecule has 0 atom stereocenters. The summed E-state index contributed by atoms with van der Waals surface area (Å²) in [5, 5.41) is 73.0. The van der Waals surface area contributed by atoms with Gasteiger partial charge < -0.3 is 43.4 Å². The maximum Gasteiger partial charge on any atom is 0.269 e. The second-order valence-corrected chi connectivity index (χ2v) is 23.2. The van der Waals surface area contributed by atoms with Gasteiger partial charge in [0.2, 0.25) is 23.5 Å². The fraction of sp³-hybridized carbons (Fsp3) is 0.0735. The number of nitro groups is 1. The van der Waals surface area contributed by atoms with Crippen LogP contribution in [0.15, 0.2) is 226 Å². The fourth-order valence-electron chi connectivity index (χ4n) is 10.6. The number of hydrogen-bond donors (Lipinski definition) is 4. The van der Waals surface area contributed by atoms with Gasteiger partial charge in [-0.05, 0) is 158 Å². The first-order valence-electron chi connectivity index (χ1n) is 28.3. The standard InChI is InChI=1S/C21H15FN2O3.C16H10FN3O2.C16H13FN2O4S.C15H10FN3O4/c22-15-9-10-19-18(12-15)20(23-26)21(25)24(19)13-14-5-4-8-17(11-14)27-16-6-2-1-3-7-16;17-12-5-6-14-13(7-12)15(19-22)16(21)20(14)9-11-4-2-1-3-10(11)8-18;1-24(22,23)12-5-2-10(3-6-12)9-19-14-7-4-11(17)8-13(14)15(18-21)16(19)20;16-10-4-5-13-12(7-10)14(17-21)15(20)18(13)8-9-2-1-3-11(6-9)19(22)23/h1-12,25H,13H2;1-7,21H,9H2;2-8,20H,9H2,1H3;1-7,20H,8H2. The molecule has 0 aliphatic carbocycles. The molecule has 0 radical (unpaired) electrons. The zero-order valence-electron chi connectivity index (χ0n) is 49.7. The van der Waals surface area contributed by atoms with Crippen LogP contribution in [0.4, 0.5) is 46.0 Å². The predicted octanol–water partition coefficient (Wildman–Crippen LogP) is 16.7. The number of ether oxygens (including phenoxy) is 1. The van der Waals surface area contributed by atoms with Crippen LogP contribution < -0.4 is 4.74 Å². The summed E-state index contributed by atoms with van der Waals surface area (Å²) in [6.45, 7) is 0.696. The molecule has 13 aromatic rings. The van der Waals surface area contributed by atoms with Gasteiger partial charge >= 0.3 is 0 Å². The molecular formula is C68H48F4N10O13S. The highest BCUT2D eigenvalue weighted by Gasteiger charge is 2.23. The summed E-state index contributed by atoms with van der Waals surface area (Å²) in [5.41, 5.74) is 4.16. The van der Waals surface area contributed by atoms with Gasteiger partial charge in [-0.1, -0.05) is 72.8 Å². The summed E-state index contributed by atoms with van der Waals surface area (Å²) in [7, 11) is -3.29. The molecule has 4 aromatic heterocycles. The first-order chi connectivity index (χ1) is 46.1. The first kappa shape index (κ1) is 66.0. The number of nitroso groups, excluding NO2 is 4. The number of para-hydroxylation sites is 1. The van der Waals surface area contributed by atoms with E-state index < -0.39 is 43.9 Å². The van der Waals surface area contributed by atoms with E-state index in [0.717, 1.165) is 30.0 Å². The van der Waals surface area contributed by atoms with E-state index >= 15 is 0 Å². The number of non-ortho nitro benzene ring substituents is 1. The van der Waals surface area contributed by atoms with Gasteiger partial charge in [0.05, 0.1) is 69.7 Å². The molecule has 0 aliphatic heterocycles. The van der Waals surface area contributed by atoms with Crippen LogP contribution in [0.5, 0.6) is 35.0 Å². The highest BCUT2D eigenvalue weighted by molar-refractivity contribution is 7.90. The molecule has 96 heavy (non-hydrogen) atoms. The number of fused-ring (bicyclic) bond motifs is 4. The van der Waals surface area contributed by atoms with E-state index in [1.807, 2.05) is 54.6 Å². The third kappa shape index (κ3) is 14.1. The number of nitro benzene ring substituents is 1. The summed E-state index contributed by atoms with van der Waals surface area (Å²) in [6, 6.07) is 53.2. The molecule has 0 saturated carbocycles. The van der Waals surface area contributed by atoms with Crippen LogP contribution in [0.2, 0.25) is 0 Å². The fourth-order valence-corrected chi connectivity index (χ4v) is 11.2. The summed E-state index contributed by atoms with van der Waals surface area (Å²) in [6.07, 6.45) is 1.11. The van der Waals surface area contributed by atoms with Crippen molar-refractivity contribution in [2.75, 3.05) is 6.26 Å². The van der Waals surface area contributed by atoms with E-state index in [0.29, 0.717) is 55.8 Å². The average Bonchev–Trinajstić information content (AvgIpc) is 1.65. The van der Waals surface area contributed by atoms with E-state index in [1.54, 1.807) is 42.5 Å². The highest BCUT2D eigenvalue weighted by atomic mass is 32.2. The molecule has 4 heterocycles. The van der Waals surface area contributed by atoms with Crippen LogP contribution in [0.1, 0.15) is 27.8 Å². The van der Waals surface area contributed by atoms with Gasteiger partial charge in [-0.2, -0.15) is 5.26 Å². The van der Waals surface area contributed by atoms with Gasteiger partial charge in [-0.25, -0.2) is 26.0 Å². The normalized spacial score (nSPS) is 11.0. The van der Waals surface area contributed by atoms with Crippen molar-refractivity contribution in [3.8, 4) is 41.1 Å². The van der Waals surface area contributed by atoms with Crippen LogP contribution >= 0.6 is 0 Å². The van der Waals surface area contributed by atoms with Crippen molar-refractivity contribution in [2.45, 2.75) is 31.1 Å². The van der Waals surface area contributed by atoms with Crippen LogP contribution in [0.25, 0.3) is 43.6 Å². The van der Waals surface area contributed by atoms with Gasteiger partial charge in [-0.3, -0.25) is 10.1 Å². The minimum atomic E-state index is -3.29. The lowest BCUT2D eigenvalue weighted by Crippen LogP contribution is -2.01. The molecule has 13 rings (SSSR count). The number of aromatic hydroxyl groups is 4. The van der Waals surface area contributed by atoms with Crippen molar-refractivity contribution in [1.29, 1.82) is 5.26 Å². The Kier molecular flexibility index (Phi) is 19.5. The Morgan fingerprint density at radius 1 is 0.458 bits per heavy atom. The summed E-state index contributed by atoms with van der Waals surface area (Å²) >= 11 is 0. The Morgan fingerprint density at radius 2 is 0.833 bits per heavy atom. The Bertz CT molecular complexity index is 5340. The second-order valence-electron chi connectivity index (χ2n) is 21.2. The number of nitrogens with zero attached hydrogens (tertiary/aromatic N) is 10. The smallest absolute Gasteiger partial charge is 0.269 e. The lowest BCUT2D eigenvalue weighted by Gasteiger charge is -2.10. The first-order valence-corrected chi connectivity index (χ1v) is 30.2. The SMILES string of the molecule is CS(=O)(=O)c1ccc(Cn2c(O)c(N=O)c3cc(F)ccc32)cc1.N#Cc1ccccc1Cn1c(O)c(N=O)c2cc(F)ccc21.O=Nc1c(O)n(Cc2cccc(Oc3ccccc3)c2)c2ccc(F)cc12.O=Nc1c(O)n(Cc2cccc([N+](=O)[O-])c2)c2ccc(F)cc12. The largest absolute Gasteiger partial charge is 0.493 e. The highest BCUT2D eigenvalue weighted by Crippen LogP contribution is 2.43. The number of sulfone groups is 1. The number of aromatic nitrogens is 4. The van der Waals surface area contributed by atoms with Crippen molar-refractivity contribution in [3.05, 3.63) is 281 Å². The van der Waals surface area contributed by atoms with Crippen LogP contribution in [-0.2, 0) is 36.0 Å². The lowest BCUT2D eigenvalue weighted by molar-refractivity contribution is -0.384. The van der Waals surface area contributed by atoms with Crippen molar-refractivity contribution >= 4 is 81.9 Å². The van der Waals surface area contributed by atoms with Gasteiger partial charge in [0.15, 0.2) is 32.6 Å². The monoisotopic (exact) mass is 1320 g/mol. The molecule has 0 spiro atoms. The van der Waals surface area contributed by atoms with Crippen molar-refractivity contribution in [1.82, 2.24) is 18.3 Å².